The summed E-state index contributed by atoms with van der Waals surface area (Å²) in [5, 5.41) is 10.1. The van der Waals surface area contributed by atoms with Crippen molar-refractivity contribution in [3.05, 3.63) is 64.4 Å². The molecule has 3 rings (SSSR count). The molecule has 0 saturated heterocycles. The number of anilines is 3. The van der Waals surface area contributed by atoms with E-state index in [2.05, 4.69) is 20.9 Å². The summed E-state index contributed by atoms with van der Waals surface area (Å²) in [6.07, 6.45) is 0.565. The van der Waals surface area contributed by atoms with E-state index in [1.165, 1.54) is 29.5 Å². The highest BCUT2D eigenvalue weighted by atomic mass is 35.5. The third-order valence-electron chi connectivity index (χ3n) is 3.93. The molecule has 0 spiro atoms. The standard InChI is InChI=1S/C20H18ClFN4O3S/c1-29-15-6-2-12(3-7-15)24-19(28)26-20-25-14(11-30-20)5-9-18(27)23-13-4-8-17(22)16(21)10-13/h2-4,6-8,10-11H,5,9H2,1H3,(H,23,27)(H2,24,25,26,28). The summed E-state index contributed by atoms with van der Waals surface area (Å²) in [5.74, 6) is -0.109. The number of amides is 3. The van der Waals surface area contributed by atoms with Crippen molar-refractivity contribution in [1.29, 1.82) is 0 Å². The number of carbonyl (C=O) groups excluding carboxylic acids is 2. The van der Waals surface area contributed by atoms with Crippen LogP contribution >= 0.6 is 22.9 Å². The van der Waals surface area contributed by atoms with Crippen molar-refractivity contribution in [2.75, 3.05) is 23.1 Å². The van der Waals surface area contributed by atoms with E-state index in [1.54, 1.807) is 36.8 Å². The Morgan fingerprint density at radius 1 is 1.10 bits per heavy atom. The maximum atomic E-state index is 13.2. The van der Waals surface area contributed by atoms with Gasteiger partial charge in [-0.1, -0.05) is 11.6 Å². The molecule has 0 aliphatic heterocycles. The summed E-state index contributed by atoms with van der Waals surface area (Å²) in [4.78, 5) is 28.4. The van der Waals surface area contributed by atoms with E-state index in [0.29, 0.717) is 34.4 Å². The Bertz CT molecular complexity index is 1040. The zero-order valence-electron chi connectivity index (χ0n) is 15.9. The van der Waals surface area contributed by atoms with Gasteiger partial charge in [-0.05, 0) is 48.9 Å². The van der Waals surface area contributed by atoms with Crippen molar-refractivity contribution >= 4 is 51.4 Å². The molecule has 156 valence electrons. The fourth-order valence-electron chi connectivity index (χ4n) is 2.45. The van der Waals surface area contributed by atoms with Crippen LogP contribution in [0.2, 0.25) is 5.02 Å². The number of nitrogens with zero attached hydrogens (tertiary/aromatic N) is 1. The van der Waals surface area contributed by atoms with Crippen LogP contribution < -0.4 is 20.7 Å². The normalized spacial score (nSPS) is 10.4. The quantitative estimate of drug-likeness (QED) is 0.465. The predicted octanol–water partition coefficient (Wildman–Crippen LogP) is 5.16. The minimum Gasteiger partial charge on any atom is -0.497 e. The first-order valence-electron chi connectivity index (χ1n) is 8.84. The Morgan fingerprint density at radius 2 is 1.83 bits per heavy atom. The molecular formula is C20H18ClFN4O3S. The highest BCUT2D eigenvalue weighted by Gasteiger charge is 2.10. The van der Waals surface area contributed by atoms with E-state index in [-0.39, 0.29) is 17.4 Å². The highest BCUT2D eigenvalue weighted by molar-refractivity contribution is 7.13. The minimum atomic E-state index is -0.548. The van der Waals surface area contributed by atoms with Gasteiger partial charge in [0.2, 0.25) is 5.91 Å². The summed E-state index contributed by atoms with van der Waals surface area (Å²) < 4.78 is 18.2. The van der Waals surface area contributed by atoms with Crippen molar-refractivity contribution in [2.45, 2.75) is 12.8 Å². The lowest BCUT2D eigenvalue weighted by atomic mass is 10.2. The maximum absolute atomic E-state index is 13.2. The molecule has 0 saturated carbocycles. The van der Waals surface area contributed by atoms with Crippen LogP contribution in [-0.2, 0) is 11.2 Å². The molecule has 7 nitrogen and oxygen atoms in total. The first-order chi connectivity index (χ1) is 14.4. The molecule has 0 aliphatic rings. The molecule has 10 heteroatoms. The van der Waals surface area contributed by atoms with Gasteiger partial charge < -0.3 is 15.4 Å². The van der Waals surface area contributed by atoms with E-state index in [4.69, 9.17) is 16.3 Å². The van der Waals surface area contributed by atoms with E-state index in [1.807, 2.05) is 0 Å². The van der Waals surface area contributed by atoms with Gasteiger partial charge in [0.25, 0.3) is 0 Å². The number of aryl methyl sites for hydroxylation is 1. The molecule has 1 aromatic heterocycles. The van der Waals surface area contributed by atoms with Crippen molar-refractivity contribution in [2.24, 2.45) is 0 Å². The zero-order chi connectivity index (χ0) is 21.5. The zero-order valence-corrected chi connectivity index (χ0v) is 17.4. The summed E-state index contributed by atoms with van der Waals surface area (Å²) >= 11 is 6.96. The van der Waals surface area contributed by atoms with Gasteiger partial charge in [-0.15, -0.1) is 11.3 Å². The summed E-state index contributed by atoms with van der Waals surface area (Å²) in [6, 6.07) is 10.5. The third-order valence-corrected chi connectivity index (χ3v) is 5.03. The number of ether oxygens (including phenoxy) is 1. The Balaban J connectivity index is 1.46. The first kappa shape index (κ1) is 21.5. The lowest BCUT2D eigenvalue weighted by Gasteiger charge is -2.06. The molecule has 2 aromatic carbocycles. The second-order valence-corrected chi connectivity index (χ2v) is 7.39. The second-order valence-electron chi connectivity index (χ2n) is 6.13. The number of hydrogen-bond acceptors (Lipinski definition) is 5. The molecule has 3 aromatic rings. The van der Waals surface area contributed by atoms with Crippen LogP contribution in [0.3, 0.4) is 0 Å². The first-order valence-corrected chi connectivity index (χ1v) is 10.1. The molecular weight excluding hydrogens is 431 g/mol. The van der Waals surface area contributed by atoms with Crippen LogP contribution in [0.25, 0.3) is 0 Å². The van der Waals surface area contributed by atoms with E-state index in [0.717, 1.165) is 0 Å². The van der Waals surface area contributed by atoms with Crippen molar-refractivity contribution in [3.8, 4) is 5.75 Å². The van der Waals surface area contributed by atoms with Crippen LogP contribution in [0.15, 0.2) is 47.8 Å². The predicted molar refractivity (Wildman–Crippen MR) is 116 cm³/mol. The van der Waals surface area contributed by atoms with Crippen molar-refractivity contribution in [3.63, 3.8) is 0 Å². The lowest BCUT2D eigenvalue weighted by molar-refractivity contribution is -0.116. The number of halogens is 2. The van der Waals surface area contributed by atoms with Crippen molar-refractivity contribution < 1.29 is 18.7 Å². The number of nitrogens with one attached hydrogen (secondary N) is 3. The van der Waals surface area contributed by atoms with Gasteiger partial charge >= 0.3 is 6.03 Å². The number of rotatable bonds is 7. The van der Waals surface area contributed by atoms with Gasteiger partial charge in [-0.25, -0.2) is 14.2 Å². The van der Waals surface area contributed by atoms with Gasteiger partial charge in [0.1, 0.15) is 11.6 Å². The SMILES string of the molecule is COc1ccc(NC(=O)Nc2nc(CCC(=O)Nc3ccc(F)c(Cl)c3)cs2)cc1. The Labute approximate surface area is 181 Å². The summed E-state index contributed by atoms with van der Waals surface area (Å²) in [6.45, 7) is 0. The van der Waals surface area contributed by atoms with Gasteiger partial charge in [0.15, 0.2) is 5.13 Å². The van der Waals surface area contributed by atoms with Gasteiger partial charge in [-0.3, -0.25) is 10.1 Å². The largest absolute Gasteiger partial charge is 0.497 e. The fourth-order valence-corrected chi connectivity index (χ4v) is 3.37. The molecule has 0 aliphatic carbocycles. The number of aromatic nitrogens is 1. The molecule has 0 atom stereocenters. The number of urea groups is 1. The van der Waals surface area contributed by atoms with E-state index < -0.39 is 11.8 Å². The van der Waals surface area contributed by atoms with Crippen molar-refractivity contribution in [1.82, 2.24) is 4.98 Å². The summed E-state index contributed by atoms with van der Waals surface area (Å²) in [5.41, 5.74) is 1.71. The Morgan fingerprint density at radius 3 is 2.53 bits per heavy atom. The Kier molecular flexibility index (Phi) is 7.21. The van der Waals surface area contributed by atoms with Crippen LogP contribution in [0.5, 0.6) is 5.75 Å². The van der Waals surface area contributed by atoms with E-state index in [9.17, 15) is 14.0 Å². The van der Waals surface area contributed by atoms with Crippen LogP contribution in [0.1, 0.15) is 12.1 Å². The molecule has 0 radical (unpaired) electrons. The van der Waals surface area contributed by atoms with Crippen LogP contribution in [-0.4, -0.2) is 24.0 Å². The molecule has 0 unspecified atom stereocenters. The minimum absolute atomic E-state index is 0.0593. The number of methoxy groups -OCH3 is 1. The lowest BCUT2D eigenvalue weighted by Crippen LogP contribution is -2.19. The van der Waals surface area contributed by atoms with E-state index >= 15 is 0 Å². The monoisotopic (exact) mass is 448 g/mol. The number of thiazole rings is 1. The third kappa shape index (κ3) is 6.16. The van der Waals surface area contributed by atoms with Gasteiger partial charge in [0.05, 0.1) is 17.8 Å². The molecule has 0 fully saturated rings. The number of hydrogen-bond donors (Lipinski definition) is 3. The highest BCUT2D eigenvalue weighted by Crippen LogP contribution is 2.21. The molecule has 30 heavy (non-hydrogen) atoms. The topological polar surface area (TPSA) is 92.3 Å². The Hall–Kier alpha value is -3.17. The van der Waals surface area contributed by atoms with Crippen LogP contribution in [0.4, 0.5) is 25.7 Å². The number of benzene rings is 2. The average Bonchev–Trinajstić information content (AvgIpc) is 3.17. The molecule has 3 amide bonds. The van der Waals surface area contributed by atoms with Crippen LogP contribution in [0, 0.1) is 5.82 Å². The fraction of sp³-hybridized carbons (Fsp3) is 0.150. The number of carbonyl (C=O) groups is 2. The maximum Gasteiger partial charge on any atom is 0.325 e. The smallest absolute Gasteiger partial charge is 0.325 e. The summed E-state index contributed by atoms with van der Waals surface area (Å²) in [7, 11) is 1.57. The average molecular weight is 449 g/mol. The van der Waals surface area contributed by atoms with Gasteiger partial charge in [-0.2, -0.15) is 0 Å². The van der Waals surface area contributed by atoms with Gasteiger partial charge in [0, 0.05) is 23.2 Å². The molecule has 3 N–H and O–H groups in total. The molecule has 0 bridgehead atoms. The molecule has 1 heterocycles. The second kappa shape index (κ2) is 10.0.